The fourth-order valence-corrected chi connectivity index (χ4v) is 4.17. The first-order valence-corrected chi connectivity index (χ1v) is 9.08. The largest absolute Gasteiger partial charge is 0.344 e. The van der Waals surface area contributed by atoms with Crippen LogP contribution in [0.2, 0.25) is 0 Å². The number of hydrogen-bond acceptors (Lipinski definition) is 8. The number of hydrogen-bond donors (Lipinski definition) is 1. The normalized spacial score (nSPS) is 16.3. The van der Waals surface area contributed by atoms with Gasteiger partial charge in [0.15, 0.2) is 0 Å². The van der Waals surface area contributed by atoms with Crippen LogP contribution in [0.4, 0.5) is 5.13 Å². The number of nitrogens with zero attached hydrogens (tertiary/aromatic N) is 5. The molecule has 1 N–H and O–H groups in total. The van der Waals surface area contributed by atoms with Gasteiger partial charge in [-0.1, -0.05) is 0 Å². The van der Waals surface area contributed by atoms with Gasteiger partial charge in [0.05, 0.1) is 12.1 Å². The number of fused-ring (bicyclic) bond motifs is 1. The molecular weight excluding hydrogens is 332 g/mol. The molecular formula is C14H16N6OS2. The van der Waals surface area contributed by atoms with Crippen LogP contribution >= 0.6 is 22.9 Å². The van der Waals surface area contributed by atoms with Gasteiger partial charge in [0, 0.05) is 37.7 Å². The molecule has 4 heterocycles. The molecule has 1 saturated heterocycles. The van der Waals surface area contributed by atoms with Gasteiger partial charge in [0.2, 0.25) is 5.13 Å². The van der Waals surface area contributed by atoms with Gasteiger partial charge in [0.1, 0.15) is 16.3 Å². The summed E-state index contributed by atoms with van der Waals surface area (Å²) >= 11 is 2.88. The van der Waals surface area contributed by atoms with Crippen molar-refractivity contribution in [2.24, 2.45) is 0 Å². The average Bonchev–Trinajstić information content (AvgIpc) is 3.17. The van der Waals surface area contributed by atoms with Crippen molar-refractivity contribution in [2.75, 3.05) is 31.1 Å². The maximum Gasteiger partial charge on any atom is 0.268 e. The summed E-state index contributed by atoms with van der Waals surface area (Å²) in [7, 11) is 0. The van der Waals surface area contributed by atoms with E-state index >= 15 is 0 Å². The minimum Gasteiger partial charge on any atom is -0.344 e. The van der Waals surface area contributed by atoms with Crippen LogP contribution < -0.4 is 10.5 Å². The summed E-state index contributed by atoms with van der Waals surface area (Å²) < 4.78 is 4.94. The fourth-order valence-electron chi connectivity index (χ4n) is 2.72. The van der Waals surface area contributed by atoms with Crippen molar-refractivity contribution in [3.63, 3.8) is 0 Å². The molecule has 0 saturated carbocycles. The number of anilines is 1. The molecule has 1 aliphatic heterocycles. The molecule has 0 bridgehead atoms. The molecule has 1 aliphatic rings. The highest BCUT2D eigenvalue weighted by molar-refractivity contribution is 7.17. The summed E-state index contributed by atoms with van der Waals surface area (Å²) in [6.45, 7) is 6.26. The summed E-state index contributed by atoms with van der Waals surface area (Å²) in [6, 6.07) is 1.90. The third kappa shape index (κ3) is 2.99. The SMILES string of the molecule is Cc1nsc(N2CCN(Cc3nc4ccsc4c(=O)[nH]3)CC2)n1. The Hall–Kier alpha value is -1.84. The van der Waals surface area contributed by atoms with Gasteiger partial charge in [-0.3, -0.25) is 9.69 Å². The van der Waals surface area contributed by atoms with Crippen molar-refractivity contribution in [1.29, 1.82) is 0 Å². The van der Waals surface area contributed by atoms with Gasteiger partial charge in [-0.05, 0) is 18.4 Å². The Bertz CT molecular complexity index is 877. The Morgan fingerprint density at radius 3 is 2.83 bits per heavy atom. The molecule has 0 amide bonds. The summed E-state index contributed by atoms with van der Waals surface area (Å²) in [6.07, 6.45) is 0. The fraction of sp³-hybridized carbons (Fsp3) is 0.429. The monoisotopic (exact) mass is 348 g/mol. The van der Waals surface area contributed by atoms with Crippen molar-refractivity contribution in [2.45, 2.75) is 13.5 Å². The van der Waals surface area contributed by atoms with Crippen LogP contribution in [0.3, 0.4) is 0 Å². The quantitative estimate of drug-likeness (QED) is 0.772. The zero-order valence-corrected chi connectivity index (χ0v) is 14.3. The van der Waals surface area contributed by atoms with E-state index in [1.165, 1.54) is 22.9 Å². The molecule has 7 nitrogen and oxygen atoms in total. The second-order valence-electron chi connectivity index (χ2n) is 5.53. The minimum absolute atomic E-state index is 0.0389. The Balaban J connectivity index is 1.43. The van der Waals surface area contributed by atoms with E-state index in [9.17, 15) is 4.79 Å². The maximum atomic E-state index is 12.0. The summed E-state index contributed by atoms with van der Waals surface area (Å²) in [5.41, 5.74) is 0.750. The van der Waals surface area contributed by atoms with Crippen LogP contribution in [0.25, 0.3) is 10.2 Å². The van der Waals surface area contributed by atoms with Crippen LogP contribution in [0.15, 0.2) is 16.2 Å². The first-order chi connectivity index (χ1) is 11.2. The van der Waals surface area contributed by atoms with Gasteiger partial charge in [-0.25, -0.2) is 9.97 Å². The zero-order valence-electron chi connectivity index (χ0n) is 12.7. The van der Waals surface area contributed by atoms with Crippen molar-refractivity contribution >= 4 is 38.2 Å². The Morgan fingerprint density at radius 2 is 2.09 bits per heavy atom. The smallest absolute Gasteiger partial charge is 0.268 e. The minimum atomic E-state index is -0.0389. The van der Waals surface area contributed by atoms with Crippen molar-refractivity contribution in [3.05, 3.63) is 33.4 Å². The topological polar surface area (TPSA) is 78.0 Å². The maximum absolute atomic E-state index is 12.0. The van der Waals surface area contributed by atoms with Gasteiger partial charge in [0.25, 0.3) is 5.56 Å². The van der Waals surface area contributed by atoms with E-state index in [1.54, 1.807) is 0 Å². The van der Waals surface area contributed by atoms with Crippen LogP contribution in [0, 0.1) is 6.92 Å². The number of aromatic nitrogens is 4. The number of nitrogens with one attached hydrogen (secondary N) is 1. The summed E-state index contributed by atoms with van der Waals surface area (Å²) in [5.74, 6) is 1.57. The lowest BCUT2D eigenvalue weighted by molar-refractivity contribution is 0.244. The molecule has 0 radical (unpaired) electrons. The third-order valence-electron chi connectivity index (χ3n) is 3.90. The van der Waals surface area contributed by atoms with Crippen LogP contribution in [-0.4, -0.2) is 50.4 Å². The highest BCUT2D eigenvalue weighted by atomic mass is 32.1. The molecule has 0 atom stereocenters. The zero-order chi connectivity index (χ0) is 15.8. The molecule has 0 spiro atoms. The second kappa shape index (κ2) is 5.99. The lowest BCUT2D eigenvalue weighted by Gasteiger charge is -2.33. The number of H-pyrrole nitrogens is 1. The van der Waals surface area contributed by atoms with E-state index < -0.39 is 0 Å². The summed E-state index contributed by atoms with van der Waals surface area (Å²) in [5, 5.41) is 2.90. The molecule has 0 unspecified atom stereocenters. The predicted octanol–water partition coefficient (Wildman–Crippen LogP) is 1.47. The molecule has 3 aromatic rings. The first-order valence-electron chi connectivity index (χ1n) is 7.43. The van der Waals surface area contributed by atoms with Crippen LogP contribution in [0.5, 0.6) is 0 Å². The third-order valence-corrected chi connectivity index (χ3v) is 5.67. The summed E-state index contributed by atoms with van der Waals surface area (Å²) in [4.78, 5) is 28.5. The molecule has 23 heavy (non-hydrogen) atoms. The Labute approximate surface area is 140 Å². The highest BCUT2D eigenvalue weighted by Crippen LogP contribution is 2.19. The molecule has 0 aromatic carbocycles. The highest BCUT2D eigenvalue weighted by Gasteiger charge is 2.20. The number of piperazine rings is 1. The molecule has 1 fully saturated rings. The van der Waals surface area contributed by atoms with E-state index in [2.05, 4.69) is 29.1 Å². The molecule has 4 rings (SSSR count). The van der Waals surface area contributed by atoms with Crippen LogP contribution in [0.1, 0.15) is 11.6 Å². The van der Waals surface area contributed by atoms with E-state index in [0.29, 0.717) is 11.2 Å². The first kappa shape index (κ1) is 14.7. The Kier molecular flexibility index (Phi) is 3.83. The second-order valence-corrected chi connectivity index (χ2v) is 7.18. The van der Waals surface area contributed by atoms with E-state index in [-0.39, 0.29) is 5.56 Å². The van der Waals surface area contributed by atoms with Crippen molar-refractivity contribution in [3.8, 4) is 0 Å². The average molecular weight is 348 g/mol. The van der Waals surface area contributed by atoms with Gasteiger partial charge in [-0.15, -0.1) is 11.3 Å². The van der Waals surface area contributed by atoms with E-state index in [1.807, 2.05) is 18.4 Å². The number of rotatable bonds is 3. The van der Waals surface area contributed by atoms with Crippen LogP contribution in [-0.2, 0) is 6.54 Å². The van der Waals surface area contributed by atoms with E-state index in [0.717, 1.165) is 48.5 Å². The number of thiophene rings is 1. The van der Waals surface area contributed by atoms with E-state index in [4.69, 9.17) is 0 Å². The molecule has 3 aromatic heterocycles. The standard InChI is InChI=1S/C14H16N6OS2/c1-9-15-14(23-18-9)20-5-3-19(4-6-20)8-11-16-10-2-7-22-12(10)13(21)17-11/h2,7H,3-6,8H2,1H3,(H,16,17,21). The lowest BCUT2D eigenvalue weighted by Crippen LogP contribution is -2.46. The number of aryl methyl sites for hydroxylation is 1. The van der Waals surface area contributed by atoms with Gasteiger partial charge < -0.3 is 9.88 Å². The molecule has 9 heteroatoms. The lowest BCUT2D eigenvalue weighted by atomic mass is 10.3. The van der Waals surface area contributed by atoms with Crippen molar-refractivity contribution in [1.82, 2.24) is 24.2 Å². The molecule has 0 aliphatic carbocycles. The predicted molar refractivity (Wildman–Crippen MR) is 92.4 cm³/mol. The van der Waals surface area contributed by atoms with Gasteiger partial charge in [-0.2, -0.15) is 4.37 Å². The van der Waals surface area contributed by atoms with Crippen molar-refractivity contribution < 1.29 is 0 Å². The molecule has 120 valence electrons. The number of aromatic amines is 1. The Morgan fingerprint density at radius 1 is 1.26 bits per heavy atom. The van der Waals surface area contributed by atoms with Gasteiger partial charge >= 0.3 is 0 Å².